The molecule has 1 atom stereocenters. The van der Waals surface area contributed by atoms with Crippen LogP contribution < -0.4 is 10.6 Å². The number of aryl methyl sites for hydroxylation is 1. The molecule has 0 radical (unpaired) electrons. The fraction of sp³-hybridized carbons (Fsp3) is 0.200. The molecule has 0 saturated heterocycles. The molecule has 0 bridgehead atoms. The van der Waals surface area contributed by atoms with Crippen LogP contribution in [0.15, 0.2) is 53.7 Å². The molecule has 0 fully saturated rings. The van der Waals surface area contributed by atoms with Crippen LogP contribution in [0, 0.1) is 13.8 Å². The Morgan fingerprint density at radius 2 is 1.96 bits per heavy atom. The number of nitrogens with zero attached hydrogens (tertiary/aromatic N) is 4. The molecule has 1 aromatic heterocycles. The molecule has 0 aliphatic carbocycles. The van der Waals surface area contributed by atoms with Crippen LogP contribution in [0.2, 0.25) is 0 Å². The minimum atomic E-state index is -0.566. The lowest BCUT2D eigenvalue weighted by atomic mass is 9.94. The maximum absolute atomic E-state index is 13.3. The number of rotatable bonds is 3. The fourth-order valence-electron chi connectivity index (χ4n) is 3.39. The first-order valence-electron chi connectivity index (χ1n) is 8.88. The van der Waals surface area contributed by atoms with Crippen LogP contribution in [0.25, 0.3) is 0 Å². The van der Waals surface area contributed by atoms with Gasteiger partial charge >= 0.3 is 0 Å². The normalized spacial score (nSPS) is 15.8. The number of carbonyl (C=O) groups is 1. The zero-order chi connectivity index (χ0) is 19.8. The van der Waals surface area contributed by atoms with Crippen LogP contribution in [-0.2, 0) is 4.79 Å². The summed E-state index contributed by atoms with van der Waals surface area (Å²) >= 11 is 0. The number of phenols is 1. The van der Waals surface area contributed by atoms with Crippen molar-refractivity contribution in [2.75, 3.05) is 10.6 Å². The van der Waals surface area contributed by atoms with E-state index in [1.54, 1.807) is 22.9 Å². The van der Waals surface area contributed by atoms with E-state index in [0.29, 0.717) is 22.8 Å². The number of carbonyl (C=O) groups excluding carboxylic acids is 1. The van der Waals surface area contributed by atoms with Gasteiger partial charge in [-0.3, -0.25) is 4.79 Å². The fourth-order valence-corrected chi connectivity index (χ4v) is 3.39. The Morgan fingerprint density at radius 1 is 1.18 bits per heavy atom. The number of anilines is 2. The van der Waals surface area contributed by atoms with E-state index in [2.05, 4.69) is 26.2 Å². The van der Waals surface area contributed by atoms with Crippen LogP contribution in [0.1, 0.15) is 29.7 Å². The predicted molar refractivity (Wildman–Crippen MR) is 105 cm³/mol. The van der Waals surface area contributed by atoms with Crippen LogP contribution in [0.4, 0.5) is 11.6 Å². The van der Waals surface area contributed by atoms with Crippen LogP contribution in [0.5, 0.6) is 5.75 Å². The summed E-state index contributed by atoms with van der Waals surface area (Å²) in [5.74, 6) is 0.292. The third-order valence-corrected chi connectivity index (χ3v) is 5.00. The number of nitrogens with one attached hydrogen (secondary N) is 2. The zero-order valence-corrected chi connectivity index (χ0v) is 15.8. The van der Waals surface area contributed by atoms with Gasteiger partial charge in [-0.05, 0) is 66.1 Å². The molecule has 142 valence electrons. The van der Waals surface area contributed by atoms with E-state index in [-0.39, 0.29) is 11.7 Å². The number of hydrogen-bond acceptors (Lipinski definition) is 6. The van der Waals surface area contributed by atoms with Gasteiger partial charge in [0.05, 0.1) is 5.57 Å². The van der Waals surface area contributed by atoms with Gasteiger partial charge in [0.2, 0.25) is 5.95 Å². The van der Waals surface area contributed by atoms with E-state index in [1.807, 2.05) is 45.0 Å². The summed E-state index contributed by atoms with van der Waals surface area (Å²) in [6.45, 7) is 5.78. The van der Waals surface area contributed by atoms with E-state index in [9.17, 15) is 9.90 Å². The number of amides is 1. The molecular formula is C20H20N6O2. The molecule has 8 nitrogen and oxygen atoms in total. The highest BCUT2D eigenvalue weighted by molar-refractivity contribution is 6.06. The Bertz CT molecular complexity index is 1100. The molecule has 4 rings (SSSR count). The second-order valence-electron chi connectivity index (χ2n) is 6.81. The second-order valence-corrected chi connectivity index (χ2v) is 6.81. The molecule has 3 aromatic rings. The van der Waals surface area contributed by atoms with Gasteiger partial charge in [0, 0.05) is 11.4 Å². The summed E-state index contributed by atoms with van der Waals surface area (Å²) in [4.78, 5) is 13.3. The van der Waals surface area contributed by atoms with E-state index in [4.69, 9.17) is 0 Å². The highest BCUT2D eigenvalue weighted by Gasteiger charge is 2.34. The molecule has 0 spiro atoms. The average Bonchev–Trinajstić information content (AvgIpc) is 3.12. The number of benzene rings is 2. The van der Waals surface area contributed by atoms with Crippen molar-refractivity contribution in [3.05, 3.63) is 70.4 Å². The lowest BCUT2D eigenvalue weighted by Gasteiger charge is -2.28. The van der Waals surface area contributed by atoms with Crippen molar-refractivity contribution in [1.82, 2.24) is 20.2 Å². The number of aromatic hydroxyl groups is 1. The summed E-state index contributed by atoms with van der Waals surface area (Å²) in [7, 11) is 0. The molecule has 28 heavy (non-hydrogen) atoms. The maximum atomic E-state index is 13.3. The van der Waals surface area contributed by atoms with Crippen molar-refractivity contribution >= 4 is 17.5 Å². The van der Waals surface area contributed by atoms with Crippen molar-refractivity contribution in [3.8, 4) is 5.75 Å². The molecule has 1 unspecified atom stereocenters. The quantitative estimate of drug-likeness (QED) is 0.649. The third-order valence-electron chi connectivity index (χ3n) is 5.00. The minimum absolute atomic E-state index is 0.109. The van der Waals surface area contributed by atoms with Gasteiger partial charge in [-0.2, -0.15) is 4.68 Å². The largest absolute Gasteiger partial charge is 0.508 e. The Hall–Kier alpha value is -3.68. The topological polar surface area (TPSA) is 105 Å². The summed E-state index contributed by atoms with van der Waals surface area (Å²) in [6, 6.07) is 12.0. The first-order chi connectivity index (χ1) is 13.5. The number of fused-ring (bicyclic) bond motifs is 1. The van der Waals surface area contributed by atoms with Gasteiger partial charge in [0.25, 0.3) is 5.91 Å². The molecule has 0 saturated carbocycles. The molecule has 1 aliphatic heterocycles. The van der Waals surface area contributed by atoms with Crippen LogP contribution in [-0.4, -0.2) is 31.2 Å². The van der Waals surface area contributed by atoms with Crippen molar-refractivity contribution < 1.29 is 9.90 Å². The first-order valence-corrected chi connectivity index (χ1v) is 8.88. The van der Waals surface area contributed by atoms with Crippen molar-refractivity contribution in [2.45, 2.75) is 26.8 Å². The predicted octanol–water partition coefficient (Wildman–Crippen LogP) is 2.92. The third kappa shape index (κ3) is 2.98. The standard InChI is InChI=1S/C20H20N6O2/c1-11-6-4-9-16(12(11)2)22-19(28)17-13(3)21-20-23-24-25-26(20)18(17)14-7-5-8-15(27)10-14/h4-10,18,27H,1-3H3,(H,22,28)(H,21,23,25). The summed E-state index contributed by atoms with van der Waals surface area (Å²) < 4.78 is 1.54. The van der Waals surface area contributed by atoms with E-state index in [1.165, 1.54) is 0 Å². The molecule has 8 heteroatoms. The first kappa shape index (κ1) is 17.7. The molecule has 2 heterocycles. The number of allylic oxidation sites excluding steroid dienone is 1. The van der Waals surface area contributed by atoms with E-state index >= 15 is 0 Å². The van der Waals surface area contributed by atoms with Crippen molar-refractivity contribution in [2.24, 2.45) is 0 Å². The van der Waals surface area contributed by atoms with Gasteiger partial charge < -0.3 is 15.7 Å². The van der Waals surface area contributed by atoms with Gasteiger partial charge in [0.15, 0.2) is 0 Å². The second kappa shape index (κ2) is 6.80. The smallest absolute Gasteiger partial charge is 0.255 e. The zero-order valence-electron chi connectivity index (χ0n) is 15.8. The van der Waals surface area contributed by atoms with Gasteiger partial charge in [-0.1, -0.05) is 29.4 Å². The Labute approximate surface area is 161 Å². The molecule has 2 aromatic carbocycles. The van der Waals surface area contributed by atoms with Crippen LogP contribution in [0.3, 0.4) is 0 Å². The highest BCUT2D eigenvalue weighted by Crippen LogP contribution is 2.36. The van der Waals surface area contributed by atoms with Crippen molar-refractivity contribution in [1.29, 1.82) is 0 Å². The van der Waals surface area contributed by atoms with Gasteiger partial charge in [-0.15, -0.1) is 0 Å². The molecule has 3 N–H and O–H groups in total. The number of hydrogen-bond donors (Lipinski definition) is 3. The highest BCUT2D eigenvalue weighted by atomic mass is 16.3. The van der Waals surface area contributed by atoms with Gasteiger partial charge in [0.1, 0.15) is 11.8 Å². The van der Waals surface area contributed by atoms with Gasteiger partial charge in [-0.25, -0.2) is 0 Å². The SMILES string of the molecule is CC1=C(C(=O)Nc2cccc(C)c2C)C(c2cccc(O)c2)n2nnnc2N1. The Kier molecular flexibility index (Phi) is 4.31. The molecule has 1 aliphatic rings. The lowest BCUT2D eigenvalue weighted by molar-refractivity contribution is -0.113. The van der Waals surface area contributed by atoms with E-state index in [0.717, 1.165) is 16.8 Å². The van der Waals surface area contributed by atoms with Crippen molar-refractivity contribution in [3.63, 3.8) is 0 Å². The number of aromatic nitrogens is 4. The minimum Gasteiger partial charge on any atom is -0.508 e. The summed E-state index contributed by atoms with van der Waals surface area (Å²) in [5.41, 5.74) is 4.69. The van der Waals surface area contributed by atoms with E-state index < -0.39 is 6.04 Å². The Morgan fingerprint density at radius 3 is 2.75 bits per heavy atom. The number of tetrazole rings is 1. The van der Waals surface area contributed by atoms with Crippen LogP contribution >= 0.6 is 0 Å². The monoisotopic (exact) mass is 376 g/mol. The maximum Gasteiger partial charge on any atom is 0.255 e. The molecular weight excluding hydrogens is 356 g/mol. The summed E-state index contributed by atoms with van der Waals surface area (Å²) in [5, 5.41) is 27.8. The average molecular weight is 376 g/mol. The molecule has 1 amide bonds. The lowest BCUT2D eigenvalue weighted by Crippen LogP contribution is -2.31. The Balaban J connectivity index is 1.78. The summed E-state index contributed by atoms with van der Waals surface area (Å²) in [6.07, 6.45) is 0. The number of phenolic OH excluding ortho intramolecular Hbond substituents is 1.